The summed E-state index contributed by atoms with van der Waals surface area (Å²) in [5.41, 5.74) is 0. The van der Waals surface area contributed by atoms with Gasteiger partial charge in [-0.1, -0.05) is 51.4 Å². The molecule has 15 heavy (non-hydrogen) atoms. The van der Waals surface area contributed by atoms with Crippen LogP contribution in [0.5, 0.6) is 0 Å². The fraction of sp³-hybridized carbons (Fsp3) is 1.00. The van der Waals surface area contributed by atoms with Crippen LogP contribution in [0.25, 0.3) is 0 Å². The van der Waals surface area contributed by atoms with Crippen molar-refractivity contribution < 1.29 is 0 Å². The van der Waals surface area contributed by atoms with Crippen molar-refractivity contribution in [3.05, 3.63) is 0 Å². The zero-order chi connectivity index (χ0) is 10.9. The third-order valence-corrected chi connectivity index (χ3v) is 3.69. The molecule has 0 bridgehead atoms. The van der Waals surface area contributed by atoms with E-state index in [2.05, 4.69) is 19.0 Å². The molecule has 0 aromatic carbocycles. The van der Waals surface area contributed by atoms with Crippen molar-refractivity contribution in [2.75, 3.05) is 20.6 Å². The molecule has 0 radical (unpaired) electrons. The summed E-state index contributed by atoms with van der Waals surface area (Å²) in [6, 6.07) is 0. The summed E-state index contributed by atoms with van der Waals surface area (Å²) in [6.45, 7) is 1.27. The van der Waals surface area contributed by atoms with Crippen molar-refractivity contribution in [3.8, 4) is 0 Å². The molecule has 0 unspecified atom stereocenters. The van der Waals surface area contributed by atoms with Crippen molar-refractivity contribution in [2.24, 2.45) is 5.92 Å². The first-order chi connectivity index (χ1) is 7.29. The Morgan fingerprint density at radius 2 is 1.40 bits per heavy atom. The number of nitrogens with zero attached hydrogens (tertiary/aromatic N) is 1. The molecule has 0 spiro atoms. The van der Waals surface area contributed by atoms with E-state index in [-0.39, 0.29) is 0 Å². The van der Waals surface area contributed by atoms with Crippen LogP contribution in [0.3, 0.4) is 0 Å². The molecule has 1 nitrogen and oxygen atoms in total. The van der Waals surface area contributed by atoms with E-state index in [1.807, 2.05) is 0 Å². The fourth-order valence-electron chi connectivity index (χ4n) is 2.70. The SMILES string of the molecule is CN(C)CCCC1CCCCCCCC1. The maximum absolute atomic E-state index is 2.31. The number of hydrogen-bond donors (Lipinski definition) is 0. The van der Waals surface area contributed by atoms with Crippen LogP contribution in [0.4, 0.5) is 0 Å². The molecular weight excluding hydrogens is 182 g/mol. The standard InChI is InChI=1S/C14H29N/c1-15(2)13-9-12-14-10-7-5-3-4-6-8-11-14/h14H,3-13H2,1-2H3. The van der Waals surface area contributed by atoms with E-state index in [1.165, 1.54) is 70.8 Å². The summed E-state index contributed by atoms with van der Waals surface area (Å²) in [5.74, 6) is 1.04. The Kier molecular flexibility index (Phi) is 7.08. The summed E-state index contributed by atoms with van der Waals surface area (Å²) in [4.78, 5) is 2.31. The summed E-state index contributed by atoms with van der Waals surface area (Å²) in [5, 5.41) is 0. The Morgan fingerprint density at radius 3 is 1.93 bits per heavy atom. The van der Waals surface area contributed by atoms with Gasteiger partial charge in [-0.2, -0.15) is 0 Å². The first kappa shape index (κ1) is 13.0. The smallest absolute Gasteiger partial charge is 0.00247 e. The molecule has 1 aliphatic carbocycles. The van der Waals surface area contributed by atoms with E-state index < -0.39 is 0 Å². The first-order valence-electron chi connectivity index (χ1n) is 6.94. The molecule has 0 aliphatic heterocycles. The molecule has 0 amide bonds. The Labute approximate surface area is 96.2 Å². The molecular formula is C14H29N. The van der Waals surface area contributed by atoms with E-state index in [9.17, 15) is 0 Å². The Bertz CT molecular complexity index is 132. The number of hydrogen-bond acceptors (Lipinski definition) is 1. The molecule has 1 heteroatoms. The molecule has 0 heterocycles. The third kappa shape index (κ3) is 6.94. The molecule has 1 saturated carbocycles. The van der Waals surface area contributed by atoms with E-state index in [4.69, 9.17) is 0 Å². The third-order valence-electron chi connectivity index (χ3n) is 3.69. The lowest BCUT2D eigenvalue weighted by atomic mass is 9.92. The monoisotopic (exact) mass is 211 g/mol. The minimum atomic E-state index is 1.04. The van der Waals surface area contributed by atoms with Crippen LogP contribution >= 0.6 is 0 Å². The van der Waals surface area contributed by atoms with Gasteiger partial charge in [0.1, 0.15) is 0 Å². The Morgan fingerprint density at radius 1 is 0.867 bits per heavy atom. The highest BCUT2D eigenvalue weighted by Gasteiger charge is 2.10. The normalized spacial score (nSPS) is 21.0. The molecule has 90 valence electrons. The van der Waals surface area contributed by atoms with Gasteiger partial charge >= 0.3 is 0 Å². The van der Waals surface area contributed by atoms with Crippen molar-refractivity contribution in [3.63, 3.8) is 0 Å². The highest BCUT2D eigenvalue weighted by Crippen LogP contribution is 2.25. The quantitative estimate of drug-likeness (QED) is 0.677. The van der Waals surface area contributed by atoms with E-state index in [1.54, 1.807) is 0 Å². The highest BCUT2D eigenvalue weighted by molar-refractivity contribution is 4.64. The van der Waals surface area contributed by atoms with E-state index >= 15 is 0 Å². The second kappa shape index (κ2) is 8.15. The van der Waals surface area contributed by atoms with Gasteiger partial charge < -0.3 is 4.90 Å². The second-order valence-corrected chi connectivity index (χ2v) is 5.51. The summed E-state index contributed by atoms with van der Waals surface area (Å²) >= 11 is 0. The maximum atomic E-state index is 2.31. The van der Waals surface area contributed by atoms with Gasteiger partial charge in [-0.05, 0) is 39.4 Å². The van der Waals surface area contributed by atoms with Crippen LogP contribution in [0.1, 0.15) is 64.2 Å². The number of rotatable bonds is 4. The molecule has 0 aromatic heterocycles. The lowest BCUT2D eigenvalue weighted by Gasteiger charge is -2.17. The zero-order valence-electron chi connectivity index (χ0n) is 10.8. The van der Waals surface area contributed by atoms with Gasteiger partial charge in [-0.25, -0.2) is 0 Å². The van der Waals surface area contributed by atoms with Gasteiger partial charge in [0.25, 0.3) is 0 Å². The molecule has 1 fully saturated rings. The average molecular weight is 211 g/mol. The van der Waals surface area contributed by atoms with Crippen molar-refractivity contribution in [1.29, 1.82) is 0 Å². The minimum Gasteiger partial charge on any atom is -0.309 e. The molecule has 1 rings (SSSR count). The molecule has 0 saturated heterocycles. The van der Waals surface area contributed by atoms with Crippen LogP contribution in [0.2, 0.25) is 0 Å². The highest BCUT2D eigenvalue weighted by atomic mass is 15.0. The lowest BCUT2D eigenvalue weighted by Crippen LogP contribution is -2.14. The van der Waals surface area contributed by atoms with Crippen LogP contribution in [-0.4, -0.2) is 25.5 Å². The predicted molar refractivity (Wildman–Crippen MR) is 68.2 cm³/mol. The maximum Gasteiger partial charge on any atom is -0.00247 e. The van der Waals surface area contributed by atoms with Crippen molar-refractivity contribution in [2.45, 2.75) is 64.2 Å². The van der Waals surface area contributed by atoms with Crippen LogP contribution in [0.15, 0.2) is 0 Å². The first-order valence-corrected chi connectivity index (χ1v) is 6.94. The predicted octanol–water partition coefficient (Wildman–Crippen LogP) is 4.08. The van der Waals surface area contributed by atoms with E-state index in [0.717, 1.165) is 5.92 Å². The summed E-state index contributed by atoms with van der Waals surface area (Å²) < 4.78 is 0. The minimum absolute atomic E-state index is 1.04. The molecule has 0 aromatic rings. The van der Waals surface area contributed by atoms with Gasteiger partial charge in [0.2, 0.25) is 0 Å². The van der Waals surface area contributed by atoms with Gasteiger partial charge in [-0.15, -0.1) is 0 Å². The van der Waals surface area contributed by atoms with Crippen LogP contribution in [-0.2, 0) is 0 Å². The van der Waals surface area contributed by atoms with Crippen LogP contribution < -0.4 is 0 Å². The van der Waals surface area contributed by atoms with Crippen molar-refractivity contribution in [1.82, 2.24) is 4.90 Å². The van der Waals surface area contributed by atoms with Crippen molar-refractivity contribution >= 4 is 0 Å². The summed E-state index contributed by atoms with van der Waals surface area (Å²) in [7, 11) is 4.37. The molecule has 0 N–H and O–H groups in total. The fourth-order valence-corrected chi connectivity index (χ4v) is 2.70. The van der Waals surface area contributed by atoms with E-state index in [0.29, 0.717) is 0 Å². The van der Waals surface area contributed by atoms with Gasteiger partial charge in [-0.3, -0.25) is 0 Å². The van der Waals surface area contributed by atoms with Gasteiger partial charge in [0, 0.05) is 0 Å². The zero-order valence-corrected chi connectivity index (χ0v) is 10.8. The lowest BCUT2D eigenvalue weighted by molar-refractivity contribution is 0.339. The molecule has 0 atom stereocenters. The molecule has 1 aliphatic rings. The topological polar surface area (TPSA) is 3.24 Å². The Balaban J connectivity index is 2.12. The largest absolute Gasteiger partial charge is 0.309 e. The summed E-state index contributed by atoms with van der Waals surface area (Å²) in [6.07, 6.45) is 14.8. The average Bonchev–Trinajstić information content (AvgIpc) is 2.31. The second-order valence-electron chi connectivity index (χ2n) is 5.51. The Hall–Kier alpha value is -0.0400. The van der Waals surface area contributed by atoms with Gasteiger partial charge in [0.15, 0.2) is 0 Å². The van der Waals surface area contributed by atoms with Gasteiger partial charge in [0.05, 0.1) is 0 Å². The van der Waals surface area contributed by atoms with Crippen LogP contribution in [0, 0.1) is 5.92 Å².